The van der Waals surface area contributed by atoms with Crippen molar-refractivity contribution in [2.24, 2.45) is 16.6 Å². The van der Waals surface area contributed by atoms with Gasteiger partial charge in [-0.25, -0.2) is 9.98 Å². The number of aliphatic imine (C=N–C) groups is 1. The first kappa shape index (κ1) is 17.7. The summed E-state index contributed by atoms with van der Waals surface area (Å²) in [5.74, 6) is 1.81. The summed E-state index contributed by atoms with van der Waals surface area (Å²) in [4.78, 5) is 8.47. The highest BCUT2D eigenvalue weighted by Gasteiger charge is 2.22. The third kappa shape index (κ3) is 7.31. The van der Waals surface area contributed by atoms with Crippen LogP contribution in [0.5, 0.6) is 5.88 Å². The number of pyridine rings is 1. The number of nitrogens with zero attached hydrogens (tertiary/aromatic N) is 2. The van der Waals surface area contributed by atoms with Crippen molar-refractivity contribution < 1.29 is 4.74 Å². The molecule has 0 aliphatic heterocycles. The fourth-order valence-electron chi connectivity index (χ4n) is 1.59. The van der Waals surface area contributed by atoms with Gasteiger partial charge in [0.25, 0.3) is 0 Å². The quantitative estimate of drug-likeness (QED) is 0.318. The Balaban J connectivity index is 0.00000220. The Morgan fingerprint density at radius 1 is 1.57 bits per heavy atom. The molecule has 0 atom stereocenters. The lowest BCUT2D eigenvalue weighted by atomic mass is 10.3. The van der Waals surface area contributed by atoms with E-state index in [4.69, 9.17) is 10.5 Å². The maximum Gasteiger partial charge on any atom is 0.213 e. The van der Waals surface area contributed by atoms with E-state index in [1.165, 1.54) is 12.8 Å². The SMILES string of the molecule is C=C(C)CNC(N)=NCc1ccnc(OCC2CC2)c1.I. The van der Waals surface area contributed by atoms with Crippen molar-refractivity contribution in [3.8, 4) is 5.88 Å². The summed E-state index contributed by atoms with van der Waals surface area (Å²) in [6.07, 6.45) is 4.29. The molecule has 2 rings (SSSR count). The predicted octanol–water partition coefficient (Wildman–Crippen LogP) is 2.47. The number of hydrogen-bond donors (Lipinski definition) is 2. The minimum atomic E-state index is 0. The molecule has 1 aromatic rings. The number of ether oxygens (including phenoxy) is 1. The van der Waals surface area contributed by atoms with Crippen molar-refractivity contribution in [3.63, 3.8) is 0 Å². The second-order valence-electron chi connectivity index (χ2n) is 5.27. The summed E-state index contributed by atoms with van der Waals surface area (Å²) in [5, 5.41) is 3.00. The smallest absolute Gasteiger partial charge is 0.213 e. The van der Waals surface area contributed by atoms with Crippen LogP contribution in [0.1, 0.15) is 25.3 Å². The van der Waals surface area contributed by atoms with E-state index in [1.807, 2.05) is 19.1 Å². The molecule has 1 aliphatic rings. The number of nitrogens with one attached hydrogen (secondary N) is 1. The van der Waals surface area contributed by atoms with Gasteiger partial charge >= 0.3 is 0 Å². The number of rotatable bonds is 7. The molecule has 0 radical (unpaired) electrons. The van der Waals surface area contributed by atoms with E-state index >= 15 is 0 Å². The zero-order valence-electron chi connectivity index (χ0n) is 12.3. The number of aromatic nitrogens is 1. The lowest BCUT2D eigenvalue weighted by Gasteiger charge is -2.06. The van der Waals surface area contributed by atoms with Gasteiger partial charge in [0.05, 0.1) is 13.2 Å². The van der Waals surface area contributed by atoms with Crippen LogP contribution in [-0.4, -0.2) is 24.1 Å². The van der Waals surface area contributed by atoms with Crippen LogP contribution in [0.25, 0.3) is 0 Å². The highest BCUT2D eigenvalue weighted by Crippen LogP contribution is 2.29. The summed E-state index contributed by atoms with van der Waals surface area (Å²) < 4.78 is 5.64. The van der Waals surface area contributed by atoms with Crippen molar-refractivity contribution in [3.05, 3.63) is 36.0 Å². The molecule has 0 unspecified atom stereocenters. The fourth-order valence-corrected chi connectivity index (χ4v) is 1.59. The molecule has 5 nitrogen and oxygen atoms in total. The molecule has 1 aromatic heterocycles. The second kappa shape index (κ2) is 8.86. The van der Waals surface area contributed by atoms with Gasteiger partial charge in [-0.3, -0.25) is 0 Å². The number of nitrogens with two attached hydrogens (primary N) is 1. The van der Waals surface area contributed by atoms with Crippen LogP contribution < -0.4 is 15.8 Å². The zero-order valence-corrected chi connectivity index (χ0v) is 14.7. The first-order chi connectivity index (χ1) is 9.63. The number of guanidine groups is 1. The van der Waals surface area contributed by atoms with E-state index in [-0.39, 0.29) is 24.0 Å². The zero-order chi connectivity index (χ0) is 14.4. The molecule has 3 N–H and O–H groups in total. The van der Waals surface area contributed by atoms with Crippen LogP contribution >= 0.6 is 24.0 Å². The van der Waals surface area contributed by atoms with Gasteiger partial charge in [-0.1, -0.05) is 12.2 Å². The van der Waals surface area contributed by atoms with E-state index < -0.39 is 0 Å². The Kier molecular flexibility index (Phi) is 7.49. The fraction of sp³-hybridized carbons (Fsp3) is 0.467. The summed E-state index contributed by atoms with van der Waals surface area (Å²) >= 11 is 0. The van der Waals surface area contributed by atoms with E-state index in [9.17, 15) is 0 Å². The van der Waals surface area contributed by atoms with Crippen LogP contribution in [0.4, 0.5) is 0 Å². The van der Waals surface area contributed by atoms with Crippen molar-refractivity contribution in [2.45, 2.75) is 26.3 Å². The van der Waals surface area contributed by atoms with Gasteiger partial charge in [-0.05, 0) is 37.3 Å². The van der Waals surface area contributed by atoms with Gasteiger partial charge in [0.2, 0.25) is 5.88 Å². The molecular weight excluding hydrogens is 379 g/mol. The largest absolute Gasteiger partial charge is 0.477 e. The summed E-state index contributed by atoms with van der Waals surface area (Å²) in [6.45, 7) is 7.65. The number of halogens is 1. The lowest BCUT2D eigenvalue weighted by Crippen LogP contribution is -2.32. The Labute approximate surface area is 143 Å². The first-order valence-electron chi connectivity index (χ1n) is 6.89. The standard InChI is InChI=1S/C15H22N4O.HI/c1-11(2)8-18-15(16)19-9-13-5-6-17-14(7-13)20-10-12-3-4-12;/h5-7,12H,1,3-4,8-10H2,2H3,(H3,16,18,19);1H. The summed E-state index contributed by atoms with van der Waals surface area (Å²) in [6, 6.07) is 3.83. The molecule has 116 valence electrons. The van der Waals surface area contributed by atoms with Crippen molar-refractivity contribution in [1.29, 1.82) is 0 Å². The topological polar surface area (TPSA) is 72.5 Å². The normalized spacial score (nSPS) is 14.2. The van der Waals surface area contributed by atoms with Gasteiger partial charge in [0, 0.05) is 18.8 Å². The monoisotopic (exact) mass is 402 g/mol. The summed E-state index contributed by atoms with van der Waals surface area (Å²) in [7, 11) is 0. The van der Waals surface area contributed by atoms with E-state index in [0.29, 0.717) is 24.9 Å². The molecule has 1 fully saturated rings. The minimum absolute atomic E-state index is 0. The Morgan fingerprint density at radius 3 is 3.00 bits per heavy atom. The molecule has 0 amide bonds. The molecule has 1 saturated carbocycles. The third-order valence-electron chi connectivity index (χ3n) is 2.97. The molecule has 6 heteroatoms. The maximum absolute atomic E-state index is 5.77. The average Bonchev–Trinajstić information content (AvgIpc) is 3.25. The van der Waals surface area contributed by atoms with Crippen molar-refractivity contribution in [1.82, 2.24) is 10.3 Å². The van der Waals surface area contributed by atoms with Crippen molar-refractivity contribution >= 4 is 29.9 Å². The summed E-state index contributed by atoms with van der Waals surface area (Å²) in [5.41, 5.74) is 7.82. The Hall–Kier alpha value is -1.31. The average molecular weight is 402 g/mol. The van der Waals surface area contributed by atoms with Gasteiger partial charge in [-0.15, -0.1) is 24.0 Å². The van der Waals surface area contributed by atoms with E-state index in [1.54, 1.807) is 6.20 Å². The van der Waals surface area contributed by atoms with Crippen LogP contribution in [0.3, 0.4) is 0 Å². The predicted molar refractivity (Wildman–Crippen MR) is 96.0 cm³/mol. The van der Waals surface area contributed by atoms with Crippen LogP contribution in [0.2, 0.25) is 0 Å². The van der Waals surface area contributed by atoms with Gasteiger partial charge in [0.1, 0.15) is 0 Å². The molecule has 0 aromatic carbocycles. The van der Waals surface area contributed by atoms with Gasteiger partial charge in [-0.2, -0.15) is 0 Å². The van der Waals surface area contributed by atoms with Crippen LogP contribution in [0.15, 0.2) is 35.5 Å². The molecule has 1 heterocycles. The Morgan fingerprint density at radius 2 is 2.33 bits per heavy atom. The lowest BCUT2D eigenvalue weighted by molar-refractivity contribution is 0.288. The third-order valence-corrected chi connectivity index (χ3v) is 2.97. The second-order valence-corrected chi connectivity index (χ2v) is 5.27. The number of hydrogen-bond acceptors (Lipinski definition) is 3. The molecule has 0 spiro atoms. The van der Waals surface area contributed by atoms with Gasteiger partial charge in [0.15, 0.2) is 5.96 Å². The molecule has 0 bridgehead atoms. The first-order valence-corrected chi connectivity index (χ1v) is 6.89. The molecule has 0 saturated heterocycles. The molecule has 21 heavy (non-hydrogen) atoms. The molecule has 1 aliphatic carbocycles. The Bertz CT molecular complexity index is 500. The highest BCUT2D eigenvalue weighted by molar-refractivity contribution is 14.0. The van der Waals surface area contributed by atoms with Gasteiger partial charge < -0.3 is 15.8 Å². The highest BCUT2D eigenvalue weighted by atomic mass is 127. The maximum atomic E-state index is 5.77. The van der Waals surface area contributed by atoms with E-state index in [0.717, 1.165) is 23.7 Å². The minimum Gasteiger partial charge on any atom is -0.477 e. The molecular formula is C15H23IN4O. The van der Waals surface area contributed by atoms with E-state index in [2.05, 4.69) is 21.9 Å². The van der Waals surface area contributed by atoms with Crippen molar-refractivity contribution in [2.75, 3.05) is 13.2 Å². The van der Waals surface area contributed by atoms with Crippen LogP contribution in [-0.2, 0) is 6.54 Å². The van der Waals surface area contributed by atoms with Crippen LogP contribution in [0, 0.1) is 5.92 Å².